The Hall–Kier alpha value is 0.1000. The molecule has 0 aromatic rings. The fourth-order valence-corrected chi connectivity index (χ4v) is 8.23. The van der Waals surface area contributed by atoms with E-state index in [4.69, 9.17) is 0 Å². The van der Waals surface area contributed by atoms with Crippen LogP contribution in [-0.2, 0) is 4.79 Å². The minimum atomic E-state index is -0.142. The van der Waals surface area contributed by atoms with Crippen LogP contribution < -0.4 is 0 Å². The molecule has 0 amide bonds. The number of rotatable bonds is 2. The molecule has 0 radical (unpaired) electrons. The van der Waals surface area contributed by atoms with Gasteiger partial charge < -0.3 is 5.11 Å². The molecule has 25 heavy (non-hydrogen) atoms. The van der Waals surface area contributed by atoms with E-state index in [0.29, 0.717) is 22.0 Å². The molecule has 0 aromatic carbocycles. The largest absolute Gasteiger partial charge is 0.393 e. The second kappa shape index (κ2) is 6.32. The van der Waals surface area contributed by atoms with E-state index in [1.165, 1.54) is 25.7 Å². The highest BCUT2D eigenvalue weighted by molar-refractivity contribution is 14.1. The molecular formula is C22H33IO2. The highest BCUT2D eigenvalue weighted by Crippen LogP contribution is 2.67. The maximum atomic E-state index is 12.6. The molecule has 2 nitrogen and oxygen atoms in total. The molecule has 1 N–H and O–H groups in total. The van der Waals surface area contributed by atoms with Crippen LogP contribution in [0.2, 0.25) is 0 Å². The molecule has 4 aliphatic rings. The lowest BCUT2D eigenvalue weighted by molar-refractivity contribution is -0.127. The Kier molecular flexibility index (Phi) is 4.67. The first kappa shape index (κ1) is 18.5. The number of Topliss-reactive ketones (excluding diaryl/α,β-unsaturated/α-hetero) is 1. The van der Waals surface area contributed by atoms with Crippen molar-refractivity contribution in [1.82, 2.24) is 0 Å². The summed E-state index contributed by atoms with van der Waals surface area (Å²) in [4.78, 5) is 12.6. The van der Waals surface area contributed by atoms with Gasteiger partial charge in [0.2, 0.25) is 0 Å². The van der Waals surface area contributed by atoms with Crippen LogP contribution in [0, 0.1) is 40.4 Å². The summed E-state index contributed by atoms with van der Waals surface area (Å²) in [5, 5.41) is 10.3. The number of fused-ring (bicyclic) bond motifs is 5. The molecule has 0 saturated heterocycles. The number of hydrogen-bond acceptors (Lipinski definition) is 2. The standard InChI is InChI=1S/C22H33IO2/c1-13-10-15(24)11-14-4-5-16-17-6-7-19(20(25)12-23)21(17,2)9-8-18(16)22(13,14)3/h4,13,15-19,24H,5-12H2,1-3H3/t13?,15?,16-,17-,18-,19+,21-,22-/m0/s1. The lowest BCUT2D eigenvalue weighted by atomic mass is 9.45. The van der Waals surface area contributed by atoms with E-state index in [1.807, 2.05) is 0 Å². The summed E-state index contributed by atoms with van der Waals surface area (Å²) in [6, 6.07) is 0. The van der Waals surface area contributed by atoms with Crippen molar-refractivity contribution in [2.24, 2.45) is 40.4 Å². The molecule has 0 aromatic heterocycles. The third-order valence-electron chi connectivity index (χ3n) is 9.16. The van der Waals surface area contributed by atoms with Crippen molar-refractivity contribution in [3.05, 3.63) is 11.6 Å². The Morgan fingerprint density at radius 2 is 2.04 bits per heavy atom. The van der Waals surface area contributed by atoms with E-state index in [9.17, 15) is 9.90 Å². The van der Waals surface area contributed by atoms with Crippen molar-refractivity contribution in [3.8, 4) is 0 Å². The minimum absolute atomic E-state index is 0.142. The molecule has 3 saturated carbocycles. The number of hydrogen-bond donors (Lipinski definition) is 1. The van der Waals surface area contributed by atoms with Gasteiger partial charge in [0.1, 0.15) is 5.78 Å². The summed E-state index contributed by atoms with van der Waals surface area (Å²) < 4.78 is 0.676. The predicted octanol–water partition coefficient (Wildman–Crippen LogP) is 5.18. The first-order valence-electron chi connectivity index (χ1n) is 10.3. The number of ketones is 1. The smallest absolute Gasteiger partial charge is 0.146 e. The van der Waals surface area contributed by atoms with Crippen LogP contribution in [0.3, 0.4) is 0 Å². The van der Waals surface area contributed by atoms with Crippen LogP contribution in [0.1, 0.15) is 65.7 Å². The van der Waals surface area contributed by atoms with Gasteiger partial charge in [0.05, 0.1) is 10.5 Å². The minimum Gasteiger partial charge on any atom is -0.393 e. The molecule has 0 aliphatic heterocycles. The first-order chi connectivity index (χ1) is 11.8. The van der Waals surface area contributed by atoms with E-state index in [1.54, 1.807) is 5.57 Å². The van der Waals surface area contributed by atoms with Crippen LogP contribution >= 0.6 is 22.6 Å². The van der Waals surface area contributed by atoms with Gasteiger partial charge in [-0.1, -0.05) is 55.0 Å². The van der Waals surface area contributed by atoms with E-state index < -0.39 is 0 Å². The van der Waals surface area contributed by atoms with Gasteiger partial charge in [0.15, 0.2) is 0 Å². The van der Waals surface area contributed by atoms with Crippen molar-refractivity contribution < 1.29 is 9.90 Å². The van der Waals surface area contributed by atoms with Gasteiger partial charge in [-0.3, -0.25) is 4.79 Å². The Morgan fingerprint density at radius 1 is 1.28 bits per heavy atom. The molecule has 3 fully saturated rings. The lowest BCUT2D eigenvalue weighted by Crippen LogP contribution is -2.53. The summed E-state index contributed by atoms with van der Waals surface area (Å²) in [5.41, 5.74) is 2.05. The molecule has 4 rings (SSSR count). The van der Waals surface area contributed by atoms with Gasteiger partial charge in [-0.05, 0) is 79.4 Å². The number of aliphatic hydroxyl groups excluding tert-OH is 1. The van der Waals surface area contributed by atoms with Crippen LogP contribution in [0.15, 0.2) is 11.6 Å². The summed E-state index contributed by atoms with van der Waals surface area (Å²) in [5.74, 6) is 3.58. The van der Waals surface area contributed by atoms with Crippen LogP contribution in [0.5, 0.6) is 0 Å². The van der Waals surface area contributed by atoms with Gasteiger partial charge in [-0.2, -0.15) is 0 Å². The summed E-state index contributed by atoms with van der Waals surface area (Å²) in [7, 11) is 0. The molecule has 140 valence electrons. The van der Waals surface area contributed by atoms with Crippen LogP contribution in [0.25, 0.3) is 0 Å². The van der Waals surface area contributed by atoms with E-state index in [0.717, 1.165) is 37.0 Å². The molecule has 0 heterocycles. The maximum Gasteiger partial charge on any atom is 0.146 e. The van der Waals surface area contributed by atoms with Gasteiger partial charge >= 0.3 is 0 Å². The van der Waals surface area contributed by atoms with Gasteiger partial charge in [0.25, 0.3) is 0 Å². The fraction of sp³-hybridized carbons (Fsp3) is 0.864. The number of carbonyl (C=O) groups excluding carboxylic acids is 1. The van der Waals surface area contributed by atoms with E-state index in [-0.39, 0.29) is 16.9 Å². The second-order valence-corrected chi connectivity index (χ2v) is 10.7. The van der Waals surface area contributed by atoms with Crippen molar-refractivity contribution in [2.75, 3.05) is 4.43 Å². The third-order valence-corrected chi connectivity index (χ3v) is 9.91. The number of halogens is 1. The molecule has 3 heteroatoms. The zero-order valence-corrected chi connectivity index (χ0v) is 18.1. The topological polar surface area (TPSA) is 37.3 Å². The quantitative estimate of drug-likeness (QED) is 0.353. The van der Waals surface area contributed by atoms with E-state index >= 15 is 0 Å². The van der Waals surface area contributed by atoms with Gasteiger partial charge in [0, 0.05) is 5.92 Å². The highest BCUT2D eigenvalue weighted by atomic mass is 127. The SMILES string of the molecule is CC1CC(O)CC2=CC[C@H]3[C@@H]4CC[C@H](C(=O)CI)[C@@]4(C)CC[C@@H]3[C@]21C. The number of alkyl halides is 1. The number of allylic oxidation sites excluding steroid dienone is 1. The molecule has 0 spiro atoms. The third kappa shape index (κ3) is 2.54. The summed E-state index contributed by atoms with van der Waals surface area (Å²) in [6.45, 7) is 7.30. The fourth-order valence-electron chi connectivity index (χ4n) is 7.69. The molecule has 0 bridgehead atoms. The molecular weight excluding hydrogens is 423 g/mol. The Labute approximate surface area is 166 Å². The van der Waals surface area contributed by atoms with Crippen molar-refractivity contribution in [2.45, 2.75) is 71.8 Å². The predicted molar refractivity (Wildman–Crippen MR) is 110 cm³/mol. The Morgan fingerprint density at radius 3 is 2.76 bits per heavy atom. The summed E-state index contributed by atoms with van der Waals surface area (Å²) in [6.07, 6.45) is 10.3. The number of carbonyl (C=O) groups is 1. The van der Waals surface area contributed by atoms with Crippen LogP contribution in [0.4, 0.5) is 0 Å². The molecule has 2 unspecified atom stereocenters. The molecule has 8 atom stereocenters. The van der Waals surface area contributed by atoms with Crippen molar-refractivity contribution >= 4 is 28.4 Å². The average molecular weight is 456 g/mol. The summed E-state index contributed by atoms with van der Waals surface area (Å²) >= 11 is 2.26. The van der Waals surface area contributed by atoms with E-state index in [2.05, 4.69) is 49.4 Å². The van der Waals surface area contributed by atoms with Crippen molar-refractivity contribution in [3.63, 3.8) is 0 Å². The lowest BCUT2D eigenvalue weighted by Gasteiger charge is -2.59. The first-order valence-corrected chi connectivity index (χ1v) is 11.8. The average Bonchev–Trinajstić information content (AvgIpc) is 2.93. The normalized spacial score (nSPS) is 52.0. The van der Waals surface area contributed by atoms with Crippen LogP contribution in [-0.4, -0.2) is 21.4 Å². The molecule has 4 aliphatic carbocycles. The van der Waals surface area contributed by atoms with Crippen molar-refractivity contribution in [1.29, 1.82) is 0 Å². The zero-order valence-electron chi connectivity index (χ0n) is 15.9. The zero-order chi connectivity index (χ0) is 18.0. The Bertz CT molecular complexity index is 599. The monoisotopic (exact) mass is 456 g/mol. The second-order valence-electron chi connectivity index (χ2n) is 9.89. The van der Waals surface area contributed by atoms with Gasteiger partial charge in [-0.15, -0.1) is 0 Å². The number of aliphatic hydroxyl groups is 1. The van der Waals surface area contributed by atoms with Gasteiger partial charge in [-0.25, -0.2) is 0 Å². The highest BCUT2D eigenvalue weighted by Gasteiger charge is 2.60. The maximum absolute atomic E-state index is 12.6. The Balaban J connectivity index is 1.67.